The zero-order valence-corrected chi connectivity index (χ0v) is 14.3. The van der Waals surface area contributed by atoms with Crippen LogP contribution in [0.2, 0.25) is 5.02 Å². The summed E-state index contributed by atoms with van der Waals surface area (Å²) in [5, 5.41) is 0.0496. The number of hydrogen-bond acceptors (Lipinski definition) is 5. The number of imide groups is 1. The molecule has 126 valence electrons. The van der Waals surface area contributed by atoms with Crippen molar-refractivity contribution in [3.05, 3.63) is 39.8 Å². The summed E-state index contributed by atoms with van der Waals surface area (Å²) in [5.41, 5.74) is 0.657. The van der Waals surface area contributed by atoms with E-state index < -0.39 is 11.1 Å². The molecule has 0 aromatic heterocycles. The monoisotopic (exact) mass is 366 g/mol. The number of hydrogen-bond donors (Lipinski definition) is 0. The van der Waals surface area contributed by atoms with Gasteiger partial charge in [-0.05, 0) is 29.5 Å². The number of nitrogens with zero attached hydrogens (tertiary/aromatic N) is 2. The lowest BCUT2D eigenvalue weighted by Gasteiger charge is -2.28. The Morgan fingerprint density at radius 2 is 1.96 bits per heavy atom. The minimum Gasteiger partial charge on any atom is -0.378 e. The molecule has 0 saturated carbocycles. The molecule has 2 saturated heterocycles. The van der Waals surface area contributed by atoms with Gasteiger partial charge in [-0.15, -0.1) is 0 Å². The third-order valence-corrected chi connectivity index (χ3v) is 4.97. The first-order valence-electron chi connectivity index (χ1n) is 7.41. The van der Waals surface area contributed by atoms with E-state index in [1.165, 1.54) is 0 Å². The van der Waals surface area contributed by atoms with Gasteiger partial charge in [0.05, 0.1) is 18.1 Å². The lowest BCUT2D eigenvalue weighted by molar-refractivity contribution is -0.139. The number of ether oxygens (including phenoxy) is 1. The van der Waals surface area contributed by atoms with Crippen LogP contribution in [0.1, 0.15) is 5.56 Å². The molecule has 0 aliphatic carbocycles. The van der Waals surface area contributed by atoms with Gasteiger partial charge in [0.15, 0.2) is 0 Å². The Labute approximate surface area is 148 Å². The van der Waals surface area contributed by atoms with Crippen LogP contribution in [0.15, 0.2) is 29.2 Å². The Hall–Kier alpha value is -1.83. The highest BCUT2D eigenvalue weighted by Crippen LogP contribution is 2.33. The van der Waals surface area contributed by atoms with Crippen molar-refractivity contribution >= 4 is 46.5 Å². The smallest absolute Gasteiger partial charge is 0.294 e. The Kier molecular flexibility index (Phi) is 5.23. The van der Waals surface area contributed by atoms with Crippen molar-refractivity contribution in [1.29, 1.82) is 0 Å². The standard InChI is InChI=1S/C16H15ClN2O4S/c17-12-4-2-1-3-11(12)9-13-15(21)19(16(22)24-13)10-14(20)18-5-7-23-8-6-18/h1-4,9H,5-8,10H2/b13-9+. The van der Waals surface area contributed by atoms with Gasteiger partial charge in [0.25, 0.3) is 11.1 Å². The van der Waals surface area contributed by atoms with Crippen LogP contribution in [0, 0.1) is 0 Å². The van der Waals surface area contributed by atoms with Gasteiger partial charge in [-0.25, -0.2) is 0 Å². The third kappa shape index (κ3) is 3.63. The molecular weight excluding hydrogens is 352 g/mol. The maximum absolute atomic E-state index is 12.4. The van der Waals surface area contributed by atoms with Gasteiger partial charge in [-0.3, -0.25) is 19.3 Å². The predicted octanol–water partition coefficient (Wildman–Crippen LogP) is 2.24. The third-order valence-electron chi connectivity index (χ3n) is 3.72. The summed E-state index contributed by atoms with van der Waals surface area (Å²) in [4.78, 5) is 39.6. The number of carbonyl (C=O) groups excluding carboxylic acids is 3. The summed E-state index contributed by atoms with van der Waals surface area (Å²) in [7, 11) is 0. The number of amides is 3. The van der Waals surface area contributed by atoms with Gasteiger partial charge in [-0.1, -0.05) is 29.8 Å². The topological polar surface area (TPSA) is 66.9 Å². The van der Waals surface area contributed by atoms with Crippen molar-refractivity contribution in [3.63, 3.8) is 0 Å². The van der Waals surface area contributed by atoms with Gasteiger partial charge in [0.2, 0.25) is 5.91 Å². The Morgan fingerprint density at radius 1 is 1.25 bits per heavy atom. The van der Waals surface area contributed by atoms with Crippen molar-refractivity contribution in [2.45, 2.75) is 0 Å². The normalized spacial score (nSPS) is 20.1. The van der Waals surface area contributed by atoms with Crippen molar-refractivity contribution in [2.24, 2.45) is 0 Å². The number of benzene rings is 1. The highest BCUT2D eigenvalue weighted by atomic mass is 35.5. The highest BCUT2D eigenvalue weighted by molar-refractivity contribution is 8.18. The maximum Gasteiger partial charge on any atom is 0.294 e. The van der Waals surface area contributed by atoms with E-state index in [9.17, 15) is 14.4 Å². The van der Waals surface area contributed by atoms with Crippen LogP contribution in [0.4, 0.5) is 4.79 Å². The lowest BCUT2D eigenvalue weighted by Crippen LogP contribution is -2.46. The second-order valence-electron chi connectivity index (χ2n) is 5.28. The number of morpholine rings is 1. The molecule has 2 aliphatic heterocycles. The molecule has 8 heteroatoms. The first kappa shape index (κ1) is 17.0. The zero-order chi connectivity index (χ0) is 17.1. The second-order valence-corrected chi connectivity index (χ2v) is 6.68. The average Bonchev–Trinajstić information content (AvgIpc) is 2.85. The van der Waals surface area contributed by atoms with Crippen molar-refractivity contribution in [2.75, 3.05) is 32.8 Å². The predicted molar refractivity (Wildman–Crippen MR) is 91.5 cm³/mol. The first-order chi connectivity index (χ1) is 11.6. The molecule has 0 atom stereocenters. The molecule has 0 radical (unpaired) electrons. The van der Waals surface area contributed by atoms with E-state index in [1.54, 1.807) is 35.2 Å². The number of carbonyl (C=O) groups is 3. The summed E-state index contributed by atoms with van der Waals surface area (Å²) in [5.74, 6) is -0.717. The molecule has 24 heavy (non-hydrogen) atoms. The van der Waals surface area contributed by atoms with Crippen LogP contribution < -0.4 is 0 Å². The van der Waals surface area contributed by atoms with Gasteiger partial charge in [-0.2, -0.15) is 0 Å². The van der Waals surface area contributed by atoms with Gasteiger partial charge < -0.3 is 9.64 Å². The zero-order valence-electron chi connectivity index (χ0n) is 12.7. The first-order valence-corrected chi connectivity index (χ1v) is 8.61. The summed E-state index contributed by atoms with van der Waals surface area (Å²) in [6, 6.07) is 7.05. The summed E-state index contributed by atoms with van der Waals surface area (Å²) < 4.78 is 5.19. The molecule has 2 fully saturated rings. The Balaban J connectivity index is 1.72. The van der Waals surface area contributed by atoms with E-state index in [0.717, 1.165) is 16.7 Å². The van der Waals surface area contributed by atoms with Crippen molar-refractivity contribution < 1.29 is 19.1 Å². The molecule has 0 bridgehead atoms. The highest BCUT2D eigenvalue weighted by Gasteiger charge is 2.37. The number of thioether (sulfide) groups is 1. The maximum atomic E-state index is 12.4. The lowest BCUT2D eigenvalue weighted by atomic mass is 10.2. The molecule has 3 rings (SSSR count). The van der Waals surface area contributed by atoms with Crippen LogP contribution in [-0.4, -0.2) is 59.7 Å². The van der Waals surface area contributed by atoms with E-state index in [1.807, 2.05) is 0 Å². The fourth-order valence-electron chi connectivity index (χ4n) is 2.42. The molecular formula is C16H15ClN2O4S. The Morgan fingerprint density at radius 3 is 2.67 bits per heavy atom. The molecule has 3 amide bonds. The quantitative estimate of drug-likeness (QED) is 0.767. The van der Waals surface area contributed by atoms with E-state index >= 15 is 0 Å². The van der Waals surface area contributed by atoms with E-state index in [2.05, 4.69) is 0 Å². The summed E-state index contributed by atoms with van der Waals surface area (Å²) >= 11 is 6.89. The molecule has 0 spiro atoms. The SMILES string of the molecule is O=C(CN1C(=O)S/C(=C/c2ccccc2Cl)C1=O)N1CCOCC1. The van der Waals surface area contributed by atoms with E-state index in [-0.39, 0.29) is 17.4 Å². The largest absolute Gasteiger partial charge is 0.378 e. The number of rotatable bonds is 3. The van der Waals surface area contributed by atoms with Crippen molar-refractivity contribution in [3.8, 4) is 0 Å². The van der Waals surface area contributed by atoms with Gasteiger partial charge in [0, 0.05) is 18.1 Å². The minimum atomic E-state index is -0.466. The fourth-order valence-corrected chi connectivity index (χ4v) is 3.44. The van der Waals surface area contributed by atoms with E-state index in [4.69, 9.17) is 16.3 Å². The molecule has 2 aliphatic rings. The molecule has 1 aromatic rings. The summed E-state index contributed by atoms with van der Waals surface area (Å²) in [6.07, 6.45) is 1.58. The second kappa shape index (κ2) is 7.38. The van der Waals surface area contributed by atoms with Crippen LogP contribution in [0.3, 0.4) is 0 Å². The molecule has 1 aromatic carbocycles. The van der Waals surface area contributed by atoms with Gasteiger partial charge >= 0.3 is 0 Å². The molecule has 2 heterocycles. The van der Waals surface area contributed by atoms with Crippen LogP contribution >= 0.6 is 23.4 Å². The van der Waals surface area contributed by atoms with Crippen LogP contribution in [0.25, 0.3) is 6.08 Å². The van der Waals surface area contributed by atoms with Crippen LogP contribution in [-0.2, 0) is 14.3 Å². The molecule has 6 nitrogen and oxygen atoms in total. The fraction of sp³-hybridized carbons (Fsp3) is 0.312. The molecule has 0 unspecified atom stereocenters. The molecule has 0 N–H and O–H groups in total. The summed E-state index contributed by atoms with van der Waals surface area (Å²) in [6.45, 7) is 1.65. The van der Waals surface area contributed by atoms with Gasteiger partial charge in [0.1, 0.15) is 6.54 Å². The Bertz CT molecular complexity index is 716. The van der Waals surface area contributed by atoms with E-state index in [0.29, 0.717) is 36.9 Å². The average molecular weight is 367 g/mol. The van der Waals surface area contributed by atoms with Crippen molar-refractivity contribution in [1.82, 2.24) is 9.80 Å². The minimum absolute atomic E-state index is 0.246. The van der Waals surface area contributed by atoms with Crippen LogP contribution in [0.5, 0.6) is 0 Å². The number of halogens is 1.